The minimum absolute atomic E-state index is 0.0150. The third kappa shape index (κ3) is 3.76. The number of benzene rings is 1. The lowest BCUT2D eigenvalue weighted by Gasteiger charge is -2.40. The molecule has 3 unspecified atom stereocenters. The lowest BCUT2D eigenvalue weighted by molar-refractivity contribution is -0.140. The first kappa shape index (κ1) is 21.3. The SMILES string of the molecule is CC1(C)CC2CC(C)(CN2C(=O)CN2CCC3(CCC2=O)NC(=O)c2ccccc2N3)C1. The van der Waals surface area contributed by atoms with E-state index in [2.05, 4.69) is 31.4 Å². The molecule has 172 valence electrons. The van der Waals surface area contributed by atoms with Crippen LogP contribution in [0.4, 0.5) is 5.69 Å². The molecular formula is C25H34N4O3. The fourth-order valence-corrected chi connectivity index (χ4v) is 6.84. The monoisotopic (exact) mass is 438 g/mol. The van der Waals surface area contributed by atoms with E-state index < -0.39 is 5.66 Å². The highest BCUT2D eigenvalue weighted by Crippen LogP contribution is 2.52. The van der Waals surface area contributed by atoms with Gasteiger partial charge in [0, 0.05) is 37.7 Å². The number of likely N-dealkylation sites (tertiary alicyclic amines) is 2. The number of hydrogen-bond acceptors (Lipinski definition) is 4. The summed E-state index contributed by atoms with van der Waals surface area (Å²) >= 11 is 0. The number of carbonyl (C=O) groups is 3. The Morgan fingerprint density at radius 3 is 2.69 bits per heavy atom. The summed E-state index contributed by atoms with van der Waals surface area (Å²) in [5.74, 6) is -0.0675. The molecule has 7 heteroatoms. The van der Waals surface area contributed by atoms with Crippen molar-refractivity contribution < 1.29 is 14.4 Å². The molecule has 2 saturated heterocycles. The van der Waals surface area contributed by atoms with Gasteiger partial charge in [0.15, 0.2) is 0 Å². The van der Waals surface area contributed by atoms with Crippen LogP contribution >= 0.6 is 0 Å². The molecule has 2 N–H and O–H groups in total. The van der Waals surface area contributed by atoms with E-state index in [1.54, 1.807) is 11.0 Å². The zero-order chi connectivity index (χ0) is 22.7. The first-order chi connectivity index (χ1) is 15.1. The van der Waals surface area contributed by atoms with Gasteiger partial charge in [0.1, 0.15) is 5.66 Å². The fraction of sp³-hybridized carbons (Fsp3) is 0.640. The molecule has 0 aromatic heterocycles. The van der Waals surface area contributed by atoms with Crippen molar-refractivity contribution in [2.24, 2.45) is 10.8 Å². The summed E-state index contributed by atoms with van der Waals surface area (Å²) in [7, 11) is 0. The van der Waals surface area contributed by atoms with Gasteiger partial charge in [-0.2, -0.15) is 0 Å². The van der Waals surface area contributed by atoms with Gasteiger partial charge < -0.3 is 20.4 Å². The largest absolute Gasteiger partial charge is 0.362 e. The molecule has 3 heterocycles. The van der Waals surface area contributed by atoms with Gasteiger partial charge in [0.25, 0.3) is 5.91 Å². The number of para-hydroxylation sites is 1. The number of nitrogens with zero attached hydrogens (tertiary/aromatic N) is 2. The van der Waals surface area contributed by atoms with E-state index in [-0.39, 0.29) is 41.1 Å². The van der Waals surface area contributed by atoms with Crippen molar-refractivity contribution in [3.8, 4) is 0 Å². The standard InChI is InChI=1S/C25H34N4O3/c1-23(2)12-17-13-24(3,15-23)16-29(17)21(31)14-28-11-10-25(9-8-20(28)30)26-19-7-5-4-6-18(19)22(32)27-25/h4-7,17,26H,8-16H2,1-3H3,(H,27,32). The van der Waals surface area contributed by atoms with Crippen molar-refractivity contribution >= 4 is 23.4 Å². The molecule has 0 radical (unpaired) electrons. The Labute approximate surface area is 189 Å². The quantitative estimate of drug-likeness (QED) is 0.744. The average molecular weight is 439 g/mol. The number of amides is 3. The van der Waals surface area contributed by atoms with Gasteiger partial charge in [-0.1, -0.05) is 32.9 Å². The van der Waals surface area contributed by atoms with Crippen LogP contribution in [0.15, 0.2) is 24.3 Å². The van der Waals surface area contributed by atoms with Crippen LogP contribution in [-0.2, 0) is 9.59 Å². The van der Waals surface area contributed by atoms with Crippen molar-refractivity contribution in [2.75, 3.05) is 25.0 Å². The maximum Gasteiger partial charge on any atom is 0.255 e. The smallest absolute Gasteiger partial charge is 0.255 e. The molecule has 1 aromatic carbocycles. The second kappa shape index (κ2) is 7.22. The molecule has 1 aromatic rings. The van der Waals surface area contributed by atoms with Crippen LogP contribution in [0.25, 0.3) is 0 Å². The second-order valence-corrected chi connectivity index (χ2v) is 11.5. The van der Waals surface area contributed by atoms with Gasteiger partial charge in [-0.3, -0.25) is 14.4 Å². The van der Waals surface area contributed by atoms with Gasteiger partial charge in [-0.05, 0) is 48.6 Å². The predicted octanol–water partition coefficient (Wildman–Crippen LogP) is 2.98. The van der Waals surface area contributed by atoms with Crippen LogP contribution < -0.4 is 10.6 Å². The Morgan fingerprint density at radius 1 is 1.09 bits per heavy atom. The second-order valence-electron chi connectivity index (χ2n) is 11.5. The number of anilines is 1. The van der Waals surface area contributed by atoms with Crippen molar-refractivity contribution in [1.82, 2.24) is 15.1 Å². The third-order valence-electron chi connectivity index (χ3n) is 7.89. The maximum atomic E-state index is 13.3. The molecule has 3 amide bonds. The highest BCUT2D eigenvalue weighted by atomic mass is 16.2. The van der Waals surface area contributed by atoms with E-state index in [9.17, 15) is 14.4 Å². The Kier molecular flexibility index (Phi) is 4.80. The number of carbonyl (C=O) groups excluding carboxylic acids is 3. The summed E-state index contributed by atoms with van der Waals surface area (Å²) in [5, 5.41) is 6.57. The Hall–Kier alpha value is -2.57. The number of fused-ring (bicyclic) bond motifs is 3. The molecular weight excluding hydrogens is 404 g/mol. The van der Waals surface area contributed by atoms with E-state index in [1.165, 1.54) is 0 Å². The van der Waals surface area contributed by atoms with E-state index in [0.717, 1.165) is 31.5 Å². The van der Waals surface area contributed by atoms with Gasteiger partial charge in [-0.15, -0.1) is 0 Å². The zero-order valence-corrected chi connectivity index (χ0v) is 19.4. The summed E-state index contributed by atoms with van der Waals surface area (Å²) in [6.45, 7) is 8.26. The van der Waals surface area contributed by atoms with Crippen LogP contribution in [0.3, 0.4) is 0 Å². The number of rotatable bonds is 2. The molecule has 7 nitrogen and oxygen atoms in total. The molecule has 1 spiro atoms. The Bertz CT molecular complexity index is 976. The van der Waals surface area contributed by atoms with Gasteiger partial charge in [0.05, 0.1) is 12.1 Å². The van der Waals surface area contributed by atoms with Crippen LogP contribution in [0.2, 0.25) is 0 Å². The minimum Gasteiger partial charge on any atom is -0.362 e. The molecule has 5 rings (SSSR count). The molecule has 3 atom stereocenters. The maximum absolute atomic E-state index is 13.3. The molecule has 4 aliphatic rings. The first-order valence-electron chi connectivity index (χ1n) is 11.8. The van der Waals surface area contributed by atoms with Crippen LogP contribution in [0.1, 0.15) is 69.7 Å². The van der Waals surface area contributed by atoms with Crippen LogP contribution in [0.5, 0.6) is 0 Å². The van der Waals surface area contributed by atoms with Gasteiger partial charge in [-0.25, -0.2) is 0 Å². The van der Waals surface area contributed by atoms with E-state index in [0.29, 0.717) is 31.4 Å². The first-order valence-corrected chi connectivity index (χ1v) is 11.8. The number of nitrogens with one attached hydrogen (secondary N) is 2. The van der Waals surface area contributed by atoms with Crippen LogP contribution in [0, 0.1) is 10.8 Å². The van der Waals surface area contributed by atoms with Gasteiger partial charge >= 0.3 is 0 Å². The summed E-state index contributed by atoms with van der Waals surface area (Å²) in [5.41, 5.74) is 1.20. The predicted molar refractivity (Wildman–Crippen MR) is 122 cm³/mol. The molecule has 1 saturated carbocycles. The molecule has 1 aliphatic carbocycles. The molecule has 3 fully saturated rings. The van der Waals surface area contributed by atoms with Crippen molar-refractivity contribution in [3.63, 3.8) is 0 Å². The molecule has 2 bridgehead atoms. The minimum atomic E-state index is -0.652. The third-order valence-corrected chi connectivity index (χ3v) is 7.89. The fourth-order valence-electron chi connectivity index (χ4n) is 6.84. The van der Waals surface area contributed by atoms with Gasteiger partial charge in [0.2, 0.25) is 11.8 Å². The Morgan fingerprint density at radius 2 is 1.88 bits per heavy atom. The van der Waals surface area contributed by atoms with Crippen molar-refractivity contribution in [1.29, 1.82) is 0 Å². The highest BCUT2D eigenvalue weighted by Gasteiger charge is 2.51. The topological polar surface area (TPSA) is 81.8 Å². The summed E-state index contributed by atoms with van der Waals surface area (Å²) in [6, 6.07) is 7.72. The lowest BCUT2D eigenvalue weighted by atomic mass is 9.65. The van der Waals surface area contributed by atoms with Crippen molar-refractivity contribution in [2.45, 2.75) is 71.0 Å². The summed E-state index contributed by atoms with van der Waals surface area (Å²) < 4.78 is 0. The molecule has 3 aliphatic heterocycles. The van der Waals surface area contributed by atoms with Crippen LogP contribution in [-0.4, -0.2) is 58.9 Å². The normalized spacial score (nSPS) is 33.4. The van der Waals surface area contributed by atoms with E-state index >= 15 is 0 Å². The highest BCUT2D eigenvalue weighted by molar-refractivity contribution is 6.02. The van der Waals surface area contributed by atoms with Crippen molar-refractivity contribution in [3.05, 3.63) is 29.8 Å². The number of hydrogen-bond donors (Lipinski definition) is 2. The summed E-state index contributed by atoms with van der Waals surface area (Å²) in [6.07, 6.45) is 4.61. The van der Waals surface area contributed by atoms with E-state index in [4.69, 9.17) is 0 Å². The van der Waals surface area contributed by atoms with E-state index in [1.807, 2.05) is 23.1 Å². The Balaban J connectivity index is 1.27. The zero-order valence-electron chi connectivity index (χ0n) is 19.4. The lowest BCUT2D eigenvalue weighted by Crippen LogP contribution is -2.58. The average Bonchev–Trinajstić information content (AvgIpc) is 2.89. The molecule has 32 heavy (non-hydrogen) atoms. The summed E-state index contributed by atoms with van der Waals surface area (Å²) in [4.78, 5) is 42.6.